The zero-order valence-corrected chi connectivity index (χ0v) is 15.0. The summed E-state index contributed by atoms with van der Waals surface area (Å²) in [6.45, 7) is 3.81. The second kappa shape index (κ2) is 6.32. The van der Waals surface area contributed by atoms with Crippen LogP contribution in [0.25, 0.3) is 11.3 Å². The molecule has 0 amide bonds. The smallest absolute Gasteiger partial charge is 0.133 e. The molecule has 5 heteroatoms. The minimum absolute atomic E-state index is 0.779. The Kier molecular flexibility index (Phi) is 4.02. The molecule has 0 saturated heterocycles. The van der Waals surface area contributed by atoms with Gasteiger partial charge in [-0.25, -0.2) is 9.97 Å². The molecule has 1 aliphatic heterocycles. The van der Waals surface area contributed by atoms with Gasteiger partial charge in [0.25, 0.3) is 0 Å². The van der Waals surface area contributed by atoms with E-state index in [4.69, 9.17) is 0 Å². The zero-order chi connectivity index (χ0) is 16.5. The third-order valence-electron chi connectivity index (χ3n) is 4.28. The molecule has 0 radical (unpaired) electrons. The number of aryl methyl sites for hydroxylation is 1. The Bertz CT molecular complexity index is 894. The third kappa shape index (κ3) is 3.04. The van der Waals surface area contributed by atoms with Crippen molar-refractivity contribution in [3.8, 4) is 11.3 Å². The molecule has 0 unspecified atom stereocenters. The van der Waals surface area contributed by atoms with Crippen molar-refractivity contribution in [2.45, 2.75) is 19.9 Å². The molecule has 0 atom stereocenters. The minimum Gasteiger partial charge on any atom is -0.352 e. The van der Waals surface area contributed by atoms with E-state index in [1.165, 1.54) is 11.1 Å². The molecule has 2 aromatic heterocycles. The van der Waals surface area contributed by atoms with Gasteiger partial charge in [-0.2, -0.15) is 0 Å². The maximum Gasteiger partial charge on any atom is 0.133 e. The number of rotatable bonds is 2. The van der Waals surface area contributed by atoms with Gasteiger partial charge in [-0.15, -0.1) is 0 Å². The van der Waals surface area contributed by atoms with Crippen LogP contribution in [0.4, 0.5) is 5.82 Å². The van der Waals surface area contributed by atoms with Crippen molar-refractivity contribution in [3.63, 3.8) is 0 Å². The van der Waals surface area contributed by atoms with E-state index in [1.807, 2.05) is 19.2 Å². The Balaban J connectivity index is 1.70. The van der Waals surface area contributed by atoms with Gasteiger partial charge >= 0.3 is 0 Å². The predicted molar refractivity (Wildman–Crippen MR) is 98.9 cm³/mol. The first-order valence-electron chi connectivity index (χ1n) is 7.97. The van der Waals surface area contributed by atoms with Crippen LogP contribution in [0.3, 0.4) is 0 Å². The monoisotopic (exact) mass is 380 g/mol. The molecule has 120 valence electrons. The molecule has 0 saturated carbocycles. The van der Waals surface area contributed by atoms with Crippen LogP contribution in [0.15, 0.2) is 53.3 Å². The highest BCUT2D eigenvalue weighted by atomic mass is 79.9. The largest absolute Gasteiger partial charge is 0.352 e. The van der Waals surface area contributed by atoms with Gasteiger partial charge in [0.1, 0.15) is 11.6 Å². The fourth-order valence-corrected chi connectivity index (χ4v) is 3.47. The molecule has 1 aromatic carbocycles. The SMILES string of the molecule is Cc1nc(-c2cncc(Br)c2)cc(N2CCc3ccccc3C2)n1. The van der Waals surface area contributed by atoms with Crippen molar-refractivity contribution >= 4 is 21.7 Å². The van der Waals surface area contributed by atoms with Gasteiger partial charge in [-0.1, -0.05) is 24.3 Å². The van der Waals surface area contributed by atoms with Gasteiger partial charge < -0.3 is 4.90 Å². The number of hydrogen-bond acceptors (Lipinski definition) is 4. The fourth-order valence-electron chi connectivity index (χ4n) is 3.11. The molecule has 4 rings (SSSR count). The van der Waals surface area contributed by atoms with Crippen molar-refractivity contribution in [1.82, 2.24) is 15.0 Å². The molecule has 4 nitrogen and oxygen atoms in total. The molecule has 3 heterocycles. The Morgan fingerprint density at radius 2 is 1.88 bits per heavy atom. The molecule has 0 aliphatic carbocycles. The Morgan fingerprint density at radius 3 is 2.71 bits per heavy atom. The van der Waals surface area contributed by atoms with Gasteiger partial charge in [0.2, 0.25) is 0 Å². The first-order chi connectivity index (χ1) is 11.7. The van der Waals surface area contributed by atoms with Crippen molar-refractivity contribution in [2.75, 3.05) is 11.4 Å². The van der Waals surface area contributed by atoms with Crippen LogP contribution in [0.2, 0.25) is 0 Å². The molecular weight excluding hydrogens is 364 g/mol. The predicted octanol–water partition coefficient (Wildman–Crippen LogP) is 4.17. The van der Waals surface area contributed by atoms with Crippen LogP contribution in [0.5, 0.6) is 0 Å². The van der Waals surface area contributed by atoms with Crippen molar-refractivity contribution in [3.05, 3.63) is 70.2 Å². The van der Waals surface area contributed by atoms with Crippen molar-refractivity contribution in [1.29, 1.82) is 0 Å². The highest BCUT2D eigenvalue weighted by Crippen LogP contribution is 2.27. The van der Waals surface area contributed by atoms with Gasteiger partial charge in [0.05, 0.1) is 5.69 Å². The van der Waals surface area contributed by atoms with Crippen LogP contribution >= 0.6 is 15.9 Å². The number of nitrogens with zero attached hydrogens (tertiary/aromatic N) is 4. The van der Waals surface area contributed by atoms with E-state index in [-0.39, 0.29) is 0 Å². The lowest BCUT2D eigenvalue weighted by Gasteiger charge is -2.30. The molecule has 0 bridgehead atoms. The number of fused-ring (bicyclic) bond motifs is 1. The van der Waals surface area contributed by atoms with Crippen LogP contribution in [0.1, 0.15) is 17.0 Å². The number of aromatic nitrogens is 3. The van der Waals surface area contributed by atoms with E-state index >= 15 is 0 Å². The highest BCUT2D eigenvalue weighted by molar-refractivity contribution is 9.10. The van der Waals surface area contributed by atoms with Crippen molar-refractivity contribution < 1.29 is 0 Å². The molecule has 1 aliphatic rings. The molecular formula is C19H17BrN4. The topological polar surface area (TPSA) is 41.9 Å². The summed E-state index contributed by atoms with van der Waals surface area (Å²) >= 11 is 3.47. The molecule has 0 fully saturated rings. The lowest BCUT2D eigenvalue weighted by molar-refractivity contribution is 0.717. The van der Waals surface area contributed by atoms with Crippen LogP contribution in [0, 0.1) is 6.92 Å². The maximum absolute atomic E-state index is 4.66. The number of pyridine rings is 1. The maximum atomic E-state index is 4.66. The zero-order valence-electron chi connectivity index (χ0n) is 13.4. The average molecular weight is 381 g/mol. The minimum atomic E-state index is 0.779. The molecule has 0 N–H and O–H groups in total. The number of halogens is 1. The lowest BCUT2D eigenvalue weighted by Crippen LogP contribution is -2.31. The highest BCUT2D eigenvalue weighted by Gasteiger charge is 2.18. The Hall–Kier alpha value is -2.27. The second-order valence-corrected chi connectivity index (χ2v) is 6.91. The number of anilines is 1. The molecule has 24 heavy (non-hydrogen) atoms. The summed E-state index contributed by atoms with van der Waals surface area (Å²) in [4.78, 5) is 15.8. The third-order valence-corrected chi connectivity index (χ3v) is 4.71. The van der Waals surface area contributed by atoms with Crippen LogP contribution in [-0.4, -0.2) is 21.5 Å². The van der Waals surface area contributed by atoms with E-state index in [0.29, 0.717) is 0 Å². The molecule has 0 spiro atoms. The summed E-state index contributed by atoms with van der Waals surface area (Å²) in [6.07, 6.45) is 4.66. The van der Waals surface area contributed by atoms with E-state index < -0.39 is 0 Å². The van der Waals surface area contributed by atoms with Gasteiger partial charge in [-0.3, -0.25) is 4.98 Å². The fraction of sp³-hybridized carbons (Fsp3) is 0.211. The lowest BCUT2D eigenvalue weighted by atomic mass is 10.00. The van der Waals surface area contributed by atoms with Crippen LogP contribution in [-0.2, 0) is 13.0 Å². The number of hydrogen-bond donors (Lipinski definition) is 0. The first kappa shape index (κ1) is 15.3. The standard InChI is InChI=1S/C19H17BrN4/c1-13-22-18(16-8-17(20)11-21-10-16)9-19(23-13)24-7-6-14-4-2-3-5-15(14)12-24/h2-5,8-11H,6-7,12H2,1H3. The average Bonchev–Trinajstić information content (AvgIpc) is 2.61. The van der Waals surface area contributed by atoms with Gasteiger partial charge in [0, 0.05) is 41.6 Å². The summed E-state index contributed by atoms with van der Waals surface area (Å²) in [5, 5.41) is 0. The van der Waals surface area contributed by atoms with Gasteiger partial charge in [-0.05, 0) is 46.5 Å². The summed E-state index contributed by atoms with van der Waals surface area (Å²) in [6, 6.07) is 12.7. The van der Waals surface area contributed by atoms with E-state index in [9.17, 15) is 0 Å². The molecule has 3 aromatic rings. The Labute approximate surface area is 149 Å². The summed E-state index contributed by atoms with van der Waals surface area (Å²) in [7, 11) is 0. The van der Waals surface area contributed by atoms with Gasteiger partial charge in [0.15, 0.2) is 0 Å². The summed E-state index contributed by atoms with van der Waals surface area (Å²) in [5.74, 6) is 1.76. The summed E-state index contributed by atoms with van der Waals surface area (Å²) < 4.78 is 0.949. The number of benzene rings is 1. The Morgan fingerprint density at radius 1 is 1.04 bits per heavy atom. The van der Waals surface area contributed by atoms with Crippen LogP contribution < -0.4 is 4.90 Å². The van der Waals surface area contributed by atoms with E-state index in [0.717, 1.165) is 46.9 Å². The van der Waals surface area contributed by atoms with E-state index in [1.54, 1.807) is 6.20 Å². The second-order valence-electron chi connectivity index (χ2n) is 5.99. The first-order valence-corrected chi connectivity index (χ1v) is 8.77. The quantitative estimate of drug-likeness (QED) is 0.668. The summed E-state index contributed by atoms with van der Waals surface area (Å²) in [5.41, 5.74) is 4.72. The van der Waals surface area contributed by atoms with E-state index in [2.05, 4.69) is 66.1 Å². The van der Waals surface area contributed by atoms with Crippen molar-refractivity contribution in [2.24, 2.45) is 0 Å². The normalized spacial score (nSPS) is 13.7.